The van der Waals surface area contributed by atoms with Gasteiger partial charge in [-0.2, -0.15) is 5.10 Å². The number of nitrogens with one attached hydrogen (secondary N) is 1. The van der Waals surface area contributed by atoms with Crippen LogP contribution in [0.3, 0.4) is 0 Å². The maximum Gasteiger partial charge on any atom is 0.433 e. The van der Waals surface area contributed by atoms with Gasteiger partial charge in [-0.15, -0.1) is 11.3 Å². The summed E-state index contributed by atoms with van der Waals surface area (Å²) in [6, 6.07) is 13.8. The molecular weight excluding hydrogens is 492 g/mol. The molecule has 13 nitrogen and oxygen atoms in total. The van der Waals surface area contributed by atoms with E-state index >= 15 is 0 Å². The molecule has 2 aromatic heterocycles. The lowest BCUT2D eigenvalue weighted by Gasteiger charge is -2.18. The van der Waals surface area contributed by atoms with Crippen LogP contribution in [-0.2, 0) is 4.79 Å². The van der Waals surface area contributed by atoms with Crippen molar-refractivity contribution in [3.63, 3.8) is 0 Å². The Kier molecular flexibility index (Phi) is 5.83. The molecule has 0 fully saturated rings. The van der Waals surface area contributed by atoms with E-state index in [1.807, 2.05) is 0 Å². The number of hydrogen-bond donors (Lipinski definition) is 1. The lowest BCUT2D eigenvalue weighted by molar-refractivity contribution is -0.402. The van der Waals surface area contributed by atoms with Gasteiger partial charge < -0.3 is 14.5 Å². The third kappa shape index (κ3) is 4.47. The van der Waals surface area contributed by atoms with Crippen molar-refractivity contribution in [1.29, 1.82) is 0 Å². The number of para-hydroxylation sites is 2. The van der Waals surface area contributed by atoms with Gasteiger partial charge in [0.05, 0.1) is 28.6 Å². The highest BCUT2D eigenvalue weighted by atomic mass is 32.1. The Balaban J connectivity index is 1.64. The first kappa shape index (κ1) is 22.7. The van der Waals surface area contributed by atoms with Gasteiger partial charge in [-0.05, 0) is 30.3 Å². The number of furan rings is 1. The molecule has 1 aliphatic rings. The number of hydrogen-bond acceptors (Lipinski definition) is 10. The molecule has 1 aliphatic heterocycles. The summed E-state index contributed by atoms with van der Waals surface area (Å²) in [6.07, 6.45) is 1.27. The van der Waals surface area contributed by atoms with Crippen molar-refractivity contribution >= 4 is 46.4 Å². The highest BCUT2D eigenvalue weighted by Gasteiger charge is 2.19. The highest BCUT2D eigenvalue weighted by Crippen LogP contribution is 2.33. The lowest BCUT2D eigenvalue weighted by atomic mass is 10.1. The summed E-state index contributed by atoms with van der Waals surface area (Å²) < 4.78 is 12.0. The van der Waals surface area contributed by atoms with Gasteiger partial charge in [-0.1, -0.05) is 12.1 Å². The maximum atomic E-state index is 11.8. The maximum absolute atomic E-state index is 11.8. The largest absolute Gasteiger partial charge is 0.482 e. The van der Waals surface area contributed by atoms with Gasteiger partial charge in [0.25, 0.3) is 11.6 Å². The van der Waals surface area contributed by atoms with Crippen molar-refractivity contribution in [2.45, 2.75) is 0 Å². The van der Waals surface area contributed by atoms with Gasteiger partial charge in [0.2, 0.25) is 4.80 Å². The van der Waals surface area contributed by atoms with E-state index < -0.39 is 15.7 Å². The molecule has 1 amide bonds. The fourth-order valence-corrected chi connectivity index (χ4v) is 4.22. The van der Waals surface area contributed by atoms with Gasteiger partial charge in [0.15, 0.2) is 12.4 Å². The molecule has 0 saturated carbocycles. The van der Waals surface area contributed by atoms with E-state index in [9.17, 15) is 25.0 Å². The molecule has 0 unspecified atom stereocenters. The summed E-state index contributed by atoms with van der Waals surface area (Å²) in [4.78, 5) is 37.7. The van der Waals surface area contributed by atoms with E-state index in [1.54, 1.807) is 29.6 Å². The Morgan fingerprint density at radius 1 is 1.08 bits per heavy atom. The van der Waals surface area contributed by atoms with Crippen LogP contribution in [0.15, 0.2) is 74.5 Å². The molecule has 0 aliphatic carbocycles. The van der Waals surface area contributed by atoms with E-state index in [0.29, 0.717) is 22.7 Å². The smallest absolute Gasteiger partial charge is 0.433 e. The molecule has 3 heterocycles. The zero-order chi connectivity index (χ0) is 25.2. The second kappa shape index (κ2) is 9.27. The first-order valence-corrected chi connectivity index (χ1v) is 11.1. The van der Waals surface area contributed by atoms with Crippen LogP contribution in [0.5, 0.6) is 5.75 Å². The van der Waals surface area contributed by atoms with Crippen LogP contribution in [0.1, 0.15) is 5.76 Å². The van der Waals surface area contributed by atoms with E-state index in [2.05, 4.69) is 15.4 Å². The molecule has 2 aromatic carbocycles. The number of ether oxygens (including phenoxy) is 1. The number of rotatable bonds is 6. The fourth-order valence-electron chi connectivity index (χ4n) is 3.37. The summed E-state index contributed by atoms with van der Waals surface area (Å²) in [7, 11) is 0. The number of nitro groups is 2. The van der Waals surface area contributed by atoms with Crippen LogP contribution in [0.2, 0.25) is 0 Å². The first-order valence-electron chi connectivity index (χ1n) is 10.2. The molecule has 1 N–H and O–H groups in total. The van der Waals surface area contributed by atoms with Crippen molar-refractivity contribution in [1.82, 2.24) is 4.68 Å². The molecule has 0 atom stereocenters. The van der Waals surface area contributed by atoms with Gasteiger partial charge in [-0.25, -0.2) is 9.67 Å². The second-order valence-corrected chi connectivity index (χ2v) is 8.13. The zero-order valence-electron chi connectivity index (χ0n) is 18.1. The van der Waals surface area contributed by atoms with Crippen LogP contribution in [0.4, 0.5) is 22.9 Å². The summed E-state index contributed by atoms with van der Waals surface area (Å²) in [5, 5.41) is 31.2. The average molecular weight is 506 g/mol. The number of nitro benzene ring substituents is 1. The van der Waals surface area contributed by atoms with Crippen LogP contribution < -0.4 is 14.9 Å². The lowest BCUT2D eigenvalue weighted by Crippen LogP contribution is -2.25. The third-order valence-corrected chi connectivity index (χ3v) is 5.80. The Hall–Kier alpha value is -5.11. The third-order valence-electron chi connectivity index (χ3n) is 4.98. The predicted octanol–water partition coefficient (Wildman–Crippen LogP) is 4.07. The average Bonchev–Trinajstić information content (AvgIpc) is 3.50. The second-order valence-electron chi connectivity index (χ2n) is 7.30. The predicted molar refractivity (Wildman–Crippen MR) is 129 cm³/mol. The van der Waals surface area contributed by atoms with Crippen LogP contribution in [-0.4, -0.2) is 33.3 Å². The monoisotopic (exact) mass is 506 g/mol. The standard InChI is InChI=1S/C22H14N6O7S/c29-20-11-34-19-7-5-13(9-16(19)24-20)18-12-36-22(25-15-3-1-2-4-17(15)27(30)31)26(18)23-10-14-6-8-21(35-14)28(32)33/h1-10,12H,11H2,(H,24,29). The molecule has 36 heavy (non-hydrogen) atoms. The minimum Gasteiger partial charge on any atom is -0.482 e. The Bertz CT molecular complexity index is 1620. The minimum atomic E-state index is -0.667. The van der Waals surface area contributed by atoms with Crippen LogP contribution in [0.25, 0.3) is 11.3 Å². The first-order chi connectivity index (χ1) is 17.4. The Morgan fingerprint density at radius 2 is 1.92 bits per heavy atom. The van der Waals surface area contributed by atoms with Crippen LogP contribution >= 0.6 is 11.3 Å². The van der Waals surface area contributed by atoms with Crippen molar-refractivity contribution in [2.75, 3.05) is 11.9 Å². The van der Waals surface area contributed by atoms with Gasteiger partial charge >= 0.3 is 5.88 Å². The van der Waals surface area contributed by atoms with E-state index in [0.717, 1.165) is 0 Å². The molecule has 14 heteroatoms. The van der Waals surface area contributed by atoms with Crippen molar-refractivity contribution in [3.05, 3.63) is 90.8 Å². The molecule has 0 spiro atoms. The number of benzene rings is 2. The summed E-state index contributed by atoms with van der Waals surface area (Å²) >= 11 is 1.17. The van der Waals surface area contributed by atoms with Crippen molar-refractivity contribution in [2.24, 2.45) is 10.1 Å². The number of fused-ring (bicyclic) bond motifs is 1. The molecular formula is C22H14N6O7S. The molecule has 0 saturated heterocycles. The number of carbonyl (C=O) groups excluding carboxylic acids is 1. The summed E-state index contributed by atoms with van der Waals surface area (Å²) in [5.74, 6) is -0.102. The number of aromatic nitrogens is 1. The Morgan fingerprint density at radius 3 is 2.69 bits per heavy atom. The van der Waals surface area contributed by atoms with E-state index in [1.165, 1.54) is 52.6 Å². The van der Waals surface area contributed by atoms with Gasteiger partial charge in [0, 0.05) is 17.0 Å². The SMILES string of the molecule is O=C1COc2ccc(-c3csc(=Nc4ccccc4[N+](=O)[O-])n3N=Cc3ccc([N+](=O)[O-])o3)cc2N1. The van der Waals surface area contributed by atoms with Crippen LogP contribution in [0, 0.1) is 20.2 Å². The summed E-state index contributed by atoms with van der Waals surface area (Å²) in [6.45, 7) is -0.0801. The molecule has 5 rings (SSSR count). The fraction of sp³-hybridized carbons (Fsp3) is 0.0455. The number of carbonyl (C=O) groups is 1. The van der Waals surface area contributed by atoms with Crippen molar-refractivity contribution in [3.8, 4) is 17.0 Å². The normalized spacial score (nSPS) is 13.3. The number of amides is 1. The quantitative estimate of drug-likeness (QED) is 0.233. The van der Waals surface area contributed by atoms with Crippen molar-refractivity contribution < 1.29 is 23.8 Å². The topological polar surface area (TPSA) is 167 Å². The molecule has 0 bridgehead atoms. The molecule has 4 aromatic rings. The zero-order valence-corrected chi connectivity index (χ0v) is 18.9. The number of thiazole rings is 1. The van der Waals surface area contributed by atoms with E-state index in [-0.39, 0.29) is 34.5 Å². The minimum absolute atomic E-state index is 0.0801. The van der Waals surface area contributed by atoms with Gasteiger partial charge in [0.1, 0.15) is 16.4 Å². The number of anilines is 1. The highest BCUT2D eigenvalue weighted by molar-refractivity contribution is 7.07. The molecule has 0 radical (unpaired) electrons. The Labute approximate surface area is 204 Å². The van der Waals surface area contributed by atoms with Gasteiger partial charge in [-0.3, -0.25) is 25.0 Å². The summed E-state index contributed by atoms with van der Waals surface area (Å²) in [5.41, 5.74) is 1.60. The van der Waals surface area contributed by atoms with E-state index in [4.69, 9.17) is 9.15 Å². The number of nitrogens with zero attached hydrogens (tertiary/aromatic N) is 5. The molecule has 180 valence electrons.